The Bertz CT molecular complexity index is 441. The topological polar surface area (TPSA) is 43.4 Å². The third kappa shape index (κ3) is 2.98. The van der Waals surface area contributed by atoms with Gasteiger partial charge in [0.05, 0.1) is 5.56 Å². The van der Waals surface area contributed by atoms with Crippen LogP contribution in [0.1, 0.15) is 10.4 Å². The molecule has 0 aliphatic heterocycles. The van der Waals surface area contributed by atoms with Gasteiger partial charge in [-0.2, -0.15) is 0 Å². The van der Waals surface area contributed by atoms with Crippen molar-refractivity contribution in [2.45, 2.75) is 0 Å². The van der Waals surface area contributed by atoms with Crippen molar-refractivity contribution in [1.29, 1.82) is 0 Å². The van der Waals surface area contributed by atoms with Crippen molar-refractivity contribution in [2.75, 3.05) is 6.61 Å². The zero-order chi connectivity index (χ0) is 12.1. The molecule has 0 saturated carbocycles. The molecule has 0 aliphatic carbocycles. The van der Waals surface area contributed by atoms with Crippen LogP contribution >= 0.6 is 0 Å². The Morgan fingerprint density at radius 3 is 2.62 bits per heavy atom. The van der Waals surface area contributed by atoms with Gasteiger partial charge in [0, 0.05) is 12.1 Å². The summed E-state index contributed by atoms with van der Waals surface area (Å²) >= 11 is 0. The number of hydrogen-bond donors (Lipinski definition) is 0. The molecule has 0 spiro atoms. The summed E-state index contributed by atoms with van der Waals surface area (Å²) in [7, 11) is 0. The van der Waals surface area contributed by atoms with Crippen molar-refractivity contribution in [3.63, 3.8) is 0 Å². The normalized spacial score (nSPS) is 9.62. The third-order valence-corrected chi connectivity index (χ3v) is 1.74. The molecule has 0 fully saturated rings. The lowest BCUT2D eigenvalue weighted by Crippen LogP contribution is -2.13. The minimum absolute atomic E-state index is 0.321. The molecule has 0 aliphatic rings. The Labute approximate surface area is 90.3 Å². The van der Waals surface area contributed by atoms with Gasteiger partial charge in [0.1, 0.15) is 11.6 Å². The van der Waals surface area contributed by atoms with E-state index in [1.807, 2.05) is 0 Å². The molecular formula is C11H8F2O3. The molecule has 0 N–H and O–H groups in total. The maximum Gasteiger partial charge on any atom is 0.330 e. The summed E-state index contributed by atoms with van der Waals surface area (Å²) in [6, 6.07) is 2.53. The zero-order valence-electron chi connectivity index (χ0n) is 8.20. The van der Waals surface area contributed by atoms with Crippen LogP contribution in [-0.4, -0.2) is 18.4 Å². The van der Waals surface area contributed by atoms with Gasteiger partial charge in [-0.05, 0) is 12.1 Å². The second-order valence-electron chi connectivity index (χ2n) is 2.86. The number of Topliss-reactive ketones (excluding diaryl/α,β-unsaturated/α-hetero) is 1. The van der Waals surface area contributed by atoms with Gasteiger partial charge in [0.2, 0.25) is 5.78 Å². The van der Waals surface area contributed by atoms with E-state index >= 15 is 0 Å². The minimum atomic E-state index is -0.986. The van der Waals surface area contributed by atoms with Crippen LogP contribution in [0.2, 0.25) is 0 Å². The lowest BCUT2D eigenvalue weighted by atomic mass is 10.1. The van der Waals surface area contributed by atoms with E-state index in [1.54, 1.807) is 0 Å². The molecule has 0 amide bonds. The fraction of sp³-hybridized carbons (Fsp3) is 0.0909. The molecule has 84 valence electrons. The Balaban J connectivity index is 2.73. The molecule has 16 heavy (non-hydrogen) atoms. The van der Waals surface area contributed by atoms with Gasteiger partial charge in [-0.25, -0.2) is 13.6 Å². The van der Waals surface area contributed by atoms with E-state index in [9.17, 15) is 18.4 Å². The number of carbonyl (C=O) groups is 2. The summed E-state index contributed by atoms with van der Waals surface area (Å²) in [6.45, 7) is 2.53. The largest absolute Gasteiger partial charge is 0.454 e. The van der Waals surface area contributed by atoms with Crippen LogP contribution in [0.25, 0.3) is 0 Å². The fourth-order valence-electron chi connectivity index (χ4n) is 0.989. The van der Waals surface area contributed by atoms with Crippen LogP contribution in [0.4, 0.5) is 8.78 Å². The highest BCUT2D eigenvalue weighted by Crippen LogP contribution is 2.10. The molecule has 1 rings (SSSR count). The predicted octanol–water partition coefficient (Wildman–Crippen LogP) is 1.88. The first kappa shape index (κ1) is 12.0. The smallest absolute Gasteiger partial charge is 0.330 e. The van der Waals surface area contributed by atoms with Gasteiger partial charge in [-0.3, -0.25) is 4.79 Å². The number of esters is 1. The Kier molecular flexibility index (Phi) is 3.88. The lowest BCUT2D eigenvalue weighted by molar-refractivity contribution is -0.136. The highest BCUT2D eigenvalue weighted by Gasteiger charge is 2.13. The molecule has 5 heteroatoms. The van der Waals surface area contributed by atoms with Crippen LogP contribution in [0.5, 0.6) is 0 Å². The number of halogens is 2. The van der Waals surface area contributed by atoms with Gasteiger partial charge in [-0.1, -0.05) is 6.58 Å². The Hall–Kier alpha value is -2.04. The Morgan fingerprint density at radius 1 is 1.38 bits per heavy atom. The molecule has 0 radical (unpaired) electrons. The minimum Gasteiger partial charge on any atom is -0.454 e. The van der Waals surface area contributed by atoms with Crippen LogP contribution in [0, 0.1) is 11.6 Å². The second kappa shape index (κ2) is 5.16. The van der Waals surface area contributed by atoms with Crippen LogP contribution in [-0.2, 0) is 9.53 Å². The summed E-state index contributed by atoms with van der Waals surface area (Å²) < 4.78 is 30.0. The van der Waals surface area contributed by atoms with Crippen molar-refractivity contribution in [3.05, 3.63) is 48.1 Å². The molecule has 0 saturated heterocycles. The van der Waals surface area contributed by atoms with Crippen molar-refractivity contribution in [1.82, 2.24) is 0 Å². The van der Waals surface area contributed by atoms with Gasteiger partial charge < -0.3 is 4.74 Å². The van der Waals surface area contributed by atoms with E-state index in [0.29, 0.717) is 6.07 Å². The van der Waals surface area contributed by atoms with Gasteiger partial charge in [0.25, 0.3) is 0 Å². The summed E-state index contributed by atoms with van der Waals surface area (Å²) in [5.74, 6) is -3.29. The summed E-state index contributed by atoms with van der Waals surface area (Å²) in [4.78, 5) is 22.0. The second-order valence-corrected chi connectivity index (χ2v) is 2.86. The highest BCUT2D eigenvalue weighted by molar-refractivity contribution is 5.98. The van der Waals surface area contributed by atoms with E-state index in [1.165, 1.54) is 0 Å². The molecule has 0 bridgehead atoms. The maximum absolute atomic E-state index is 13.1. The number of benzene rings is 1. The van der Waals surface area contributed by atoms with E-state index in [4.69, 9.17) is 0 Å². The molecule has 0 unspecified atom stereocenters. The van der Waals surface area contributed by atoms with Gasteiger partial charge in [0.15, 0.2) is 6.61 Å². The van der Waals surface area contributed by atoms with Crippen LogP contribution in [0.3, 0.4) is 0 Å². The standard InChI is InChI=1S/C11H8F2O3/c1-2-11(15)16-6-10(14)8-4-3-7(12)5-9(8)13/h2-5H,1,6H2. The average Bonchev–Trinajstić information content (AvgIpc) is 2.25. The van der Waals surface area contributed by atoms with E-state index < -0.39 is 30.0 Å². The lowest BCUT2D eigenvalue weighted by Gasteiger charge is -2.02. The molecule has 0 aromatic heterocycles. The summed E-state index contributed by atoms with van der Waals surface area (Å²) in [5.41, 5.74) is -0.321. The number of carbonyl (C=O) groups excluding carboxylic acids is 2. The number of ketones is 1. The van der Waals surface area contributed by atoms with E-state index in [-0.39, 0.29) is 5.56 Å². The number of hydrogen-bond acceptors (Lipinski definition) is 3. The van der Waals surface area contributed by atoms with Crippen molar-refractivity contribution in [3.8, 4) is 0 Å². The third-order valence-electron chi connectivity index (χ3n) is 1.74. The van der Waals surface area contributed by atoms with Crippen molar-refractivity contribution in [2.24, 2.45) is 0 Å². The number of ether oxygens (including phenoxy) is 1. The maximum atomic E-state index is 13.1. The molecule has 1 aromatic carbocycles. The highest BCUT2D eigenvalue weighted by atomic mass is 19.1. The first-order valence-corrected chi connectivity index (χ1v) is 4.32. The van der Waals surface area contributed by atoms with E-state index in [0.717, 1.165) is 18.2 Å². The molecule has 3 nitrogen and oxygen atoms in total. The van der Waals surface area contributed by atoms with Gasteiger partial charge in [-0.15, -0.1) is 0 Å². The predicted molar refractivity (Wildman–Crippen MR) is 51.8 cm³/mol. The van der Waals surface area contributed by atoms with Crippen LogP contribution in [0.15, 0.2) is 30.9 Å². The average molecular weight is 226 g/mol. The first-order chi connectivity index (χ1) is 7.54. The quantitative estimate of drug-likeness (QED) is 0.447. The fourth-order valence-corrected chi connectivity index (χ4v) is 0.989. The summed E-state index contributed by atoms with van der Waals surface area (Å²) in [6.07, 6.45) is 0.883. The molecule has 0 heterocycles. The van der Waals surface area contributed by atoms with Crippen molar-refractivity contribution < 1.29 is 23.1 Å². The Morgan fingerprint density at radius 2 is 2.06 bits per heavy atom. The molecule has 0 atom stereocenters. The molecular weight excluding hydrogens is 218 g/mol. The van der Waals surface area contributed by atoms with E-state index in [2.05, 4.69) is 11.3 Å². The van der Waals surface area contributed by atoms with Crippen molar-refractivity contribution >= 4 is 11.8 Å². The molecule has 1 aromatic rings. The van der Waals surface area contributed by atoms with Crippen LogP contribution < -0.4 is 0 Å². The number of rotatable bonds is 4. The SMILES string of the molecule is C=CC(=O)OCC(=O)c1ccc(F)cc1F. The zero-order valence-corrected chi connectivity index (χ0v) is 8.20. The first-order valence-electron chi connectivity index (χ1n) is 4.32. The summed E-state index contributed by atoms with van der Waals surface area (Å²) in [5, 5.41) is 0. The van der Waals surface area contributed by atoms with Gasteiger partial charge >= 0.3 is 5.97 Å². The monoisotopic (exact) mass is 226 g/mol.